The molecule has 1 aromatic carbocycles. The third kappa shape index (κ3) is 3.96. The SMILES string of the molecule is CC(C)c1cccc(CON=C(C#N)C#N)c1. The Kier molecular flexibility index (Phi) is 4.72. The first kappa shape index (κ1) is 12.7. The Bertz CT molecular complexity index is 476. The fourth-order valence-corrected chi connectivity index (χ4v) is 1.28. The van der Waals surface area contributed by atoms with Crippen LogP contribution in [0.5, 0.6) is 0 Å². The summed E-state index contributed by atoms with van der Waals surface area (Å²) in [5.41, 5.74) is 1.91. The highest BCUT2D eigenvalue weighted by Gasteiger charge is 2.01. The standard InChI is InChI=1S/C13H13N3O/c1-10(2)12-5-3-4-11(6-12)9-17-16-13(7-14)8-15/h3-6,10H,9H2,1-2H3. The van der Waals surface area contributed by atoms with Gasteiger partial charge in [-0.15, -0.1) is 0 Å². The summed E-state index contributed by atoms with van der Waals surface area (Å²) in [5.74, 6) is 0.451. The predicted molar refractivity (Wildman–Crippen MR) is 64.0 cm³/mol. The smallest absolute Gasteiger partial charge is 0.256 e. The lowest BCUT2D eigenvalue weighted by molar-refractivity contribution is 0.131. The number of nitrogens with zero attached hydrogens (tertiary/aromatic N) is 3. The summed E-state index contributed by atoms with van der Waals surface area (Å²) < 4.78 is 0. The minimum atomic E-state index is -0.273. The van der Waals surface area contributed by atoms with Gasteiger partial charge in [0.1, 0.15) is 18.7 Å². The quantitative estimate of drug-likeness (QED) is 0.586. The molecule has 0 saturated carbocycles. The van der Waals surface area contributed by atoms with Gasteiger partial charge in [-0.25, -0.2) is 0 Å². The zero-order valence-electron chi connectivity index (χ0n) is 9.84. The van der Waals surface area contributed by atoms with Gasteiger partial charge in [0.2, 0.25) is 0 Å². The molecule has 0 fully saturated rings. The van der Waals surface area contributed by atoms with Gasteiger partial charge in [-0.1, -0.05) is 43.3 Å². The van der Waals surface area contributed by atoms with Crippen LogP contribution in [0.25, 0.3) is 0 Å². The normalized spacial score (nSPS) is 9.24. The number of hydrogen-bond acceptors (Lipinski definition) is 4. The fraction of sp³-hybridized carbons (Fsp3) is 0.308. The molecule has 1 rings (SSSR count). The van der Waals surface area contributed by atoms with Gasteiger partial charge in [0.25, 0.3) is 5.71 Å². The molecule has 0 aliphatic rings. The fourth-order valence-electron chi connectivity index (χ4n) is 1.28. The monoisotopic (exact) mass is 227 g/mol. The maximum Gasteiger partial charge on any atom is 0.256 e. The maximum atomic E-state index is 8.46. The number of benzene rings is 1. The molecule has 0 heterocycles. The highest BCUT2D eigenvalue weighted by molar-refractivity contribution is 6.09. The summed E-state index contributed by atoms with van der Waals surface area (Å²) in [6, 6.07) is 11.2. The number of hydrogen-bond donors (Lipinski definition) is 0. The van der Waals surface area contributed by atoms with Crippen LogP contribution in [0.1, 0.15) is 30.9 Å². The van der Waals surface area contributed by atoms with Crippen molar-refractivity contribution in [3.8, 4) is 12.1 Å². The third-order valence-electron chi connectivity index (χ3n) is 2.22. The van der Waals surface area contributed by atoms with E-state index in [1.165, 1.54) is 5.56 Å². The summed E-state index contributed by atoms with van der Waals surface area (Å²) in [5, 5.41) is 20.3. The number of nitriles is 2. The van der Waals surface area contributed by atoms with Gasteiger partial charge in [-0.05, 0) is 17.0 Å². The summed E-state index contributed by atoms with van der Waals surface area (Å²) in [7, 11) is 0. The zero-order chi connectivity index (χ0) is 12.7. The topological polar surface area (TPSA) is 69.2 Å². The van der Waals surface area contributed by atoms with Crippen molar-refractivity contribution >= 4 is 5.71 Å². The molecule has 17 heavy (non-hydrogen) atoms. The molecule has 0 aromatic heterocycles. The van der Waals surface area contributed by atoms with Crippen LogP contribution in [0.15, 0.2) is 29.4 Å². The second-order valence-corrected chi connectivity index (χ2v) is 3.84. The van der Waals surface area contributed by atoms with Crippen LogP contribution >= 0.6 is 0 Å². The van der Waals surface area contributed by atoms with E-state index in [2.05, 4.69) is 19.0 Å². The predicted octanol–water partition coefficient (Wildman–Crippen LogP) is 2.73. The van der Waals surface area contributed by atoms with Crippen molar-refractivity contribution < 1.29 is 4.84 Å². The van der Waals surface area contributed by atoms with Gasteiger partial charge in [-0.2, -0.15) is 10.5 Å². The summed E-state index contributed by atoms with van der Waals surface area (Å²) in [6.45, 7) is 4.48. The van der Waals surface area contributed by atoms with E-state index in [9.17, 15) is 0 Å². The molecule has 0 spiro atoms. The van der Waals surface area contributed by atoms with Crippen LogP contribution in [0.2, 0.25) is 0 Å². The average Bonchev–Trinajstić information content (AvgIpc) is 2.35. The zero-order valence-corrected chi connectivity index (χ0v) is 9.84. The maximum absolute atomic E-state index is 8.46. The second kappa shape index (κ2) is 6.30. The Morgan fingerprint density at radius 3 is 2.65 bits per heavy atom. The Morgan fingerprint density at radius 2 is 2.06 bits per heavy atom. The van der Waals surface area contributed by atoms with E-state index < -0.39 is 0 Å². The first-order chi connectivity index (χ1) is 8.17. The van der Waals surface area contributed by atoms with Crippen LogP contribution in [-0.4, -0.2) is 5.71 Å². The molecule has 86 valence electrons. The molecule has 1 aromatic rings. The Balaban J connectivity index is 2.65. The van der Waals surface area contributed by atoms with Crippen molar-refractivity contribution in [2.24, 2.45) is 5.16 Å². The minimum absolute atomic E-state index is 0.257. The summed E-state index contributed by atoms with van der Waals surface area (Å²) in [4.78, 5) is 4.94. The second-order valence-electron chi connectivity index (χ2n) is 3.84. The molecule has 0 atom stereocenters. The van der Waals surface area contributed by atoms with Gasteiger partial charge in [0.15, 0.2) is 0 Å². The van der Waals surface area contributed by atoms with Gasteiger partial charge in [-0.3, -0.25) is 0 Å². The molecule has 0 unspecified atom stereocenters. The van der Waals surface area contributed by atoms with Crippen molar-refractivity contribution in [1.82, 2.24) is 0 Å². The molecule has 0 radical (unpaired) electrons. The van der Waals surface area contributed by atoms with Crippen LogP contribution in [-0.2, 0) is 11.4 Å². The van der Waals surface area contributed by atoms with Crippen molar-refractivity contribution in [1.29, 1.82) is 10.5 Å². The number of oxime groups is 1. The van der Waals surface area contributed by atoms with E-state index in [0.29, 0.717) is 5.92 Å². The van der Waals surface area contributed by atoms with Crippen LogP contribution in [0.3, 0.4) is 0 Å². The molecule has 0 aliphatic carbocycles. The molecular formula is C13H13N3O. The van der Waals surface area contributed by atoms with Gasteiger partial charge < -0.3 is 4.84 Å². The lowest BCUT2D eigenvalue weighted by Gasteiger charge is -2.07. The third-order valence-corrected chi connectivity index (χ3v) is 2.22. The van der Waals surface area contributed by atoms with Crippen molar-refractivity contribution in [3.63, 3.8) is 0 Å². The van der Waals surface area contributed by atoms with E-state index in [0.717, 1.165) is 5.56 Å². The molecule has 0 saturated heterocycles. The van der Waals surface area contributed by atoms with Crippen LogP contribution in [0.4, 0.5) is 0 Å². The van der Waals surface area contributed by atoms with E-state index in [-0.39, 0.29) is 12.3 Å². The Hall–Kier alpha value is -2.33. The first-order valence-electron chi connectivity index (χ1n) is 5.26. The highest BCUT2D eigenvalue weighted by Crippen LogP contribution is 2.15. The van der Waals surface area contributed by atoms with Crippen LogP contribution < -0.4 is 0 Å². The Morgan fingerprint density at radius 1 is 1.35 bits per heavy atom. The van der Waals surface area contributed by atoms with Gasteiger partial charge in [0, 0.05) is 0 Å². The minimum Gasteiger partial charge on any atom is -0.389 e. The van der Waals surface area contributed by atoms with E-state index >= 15 is 0 Å². The largest absolute Gasteiger partial charge is 0.389 e. The molecular weight excluding hydrogens is 214 g/mol. The first-order valence-corrected chi connectivity index (χ1v) is 5.26. The van der Waals surface area contributed by atoms with Crippen LogP contribution in [0, 0.1) is 22.7 Å². The van der Waals surface area contributed by atoms with E-state index in [4.69, 9.17) is 15.4 Å². The molecule has 0 aliphatic heterocycles. The lowest BCUT2D eigenvalue weighted by Crippen LogP contribution is -1.94. The van der Waals surface area contributed by atoms with Gasteiger partial charge >= 0.3 is 0 Å². The summed E-state index contributed by atoms with van der Waals surface area (Å²) >= 11 is 0. The van der Waals surface area contributed by atoms with E-state index in [1.807, 2.05) is 24.3 Å². The molecule has 0 amide bonds. The Labute approximate surface area is 101 Å². The van der Waals surface area contributed by atoms with Gasteiger partial charge in [0.05, 0.1) is 0 Å². The van der Waals surface area contributed by atoms with E-state index in [1.54, 1.807) is 12.1 Å². The highest BCUT2D eigenvalue weighted by atomic mass is 16.6. The van der Waals surface area contributed by atoms with Crippen molar-refractivity contribution in [2.75, 3.05) is 0 Å². The van der Waals surface area contributed by atoms with Crippen molar-refractivity contribution in [2.45, 2.75) is 26.4 Å². The molecule has 4 nitrogen and oxygen atoms in total. The molecule has 0 N–H and O–H groups in total. The van der Waals surface area contributed by atoms with Crippen molar-refractivity contribution in [3.05, 3.63) is 35.4 Å². The number of rotatable bonds is 4. The lowest BCUT2D eigenvalue weighted by atomic mass is 10.0. The summed E-state index contributed by atoms with van der Waals surface area (Å²) in [6.07, 6.45) is 0. The molecule has 4 heteroatoms. The average molecular weight is 227 g/mol. The molecule has 0 bridgehead atoms.